The maximum atomic E-state index is 13.1. The minimum absolute atomic E-state index is 0.202. The van der Waals surface area contributed by atoms with Crippen molar-refractivity contribution in [3.63, 3.8) is 0 Å². The van der Waals surface area contributed by atoms with Crippen molar-refractivity contribution in [2.24, 2.45) is 5.92 Å². The molecular formula is C13H14F2N4O2S. The number of nitrogens with one attached hydrogen (secondary N) is 1. The summed E-state index contributed by atoms with van der Waals surface area (Å²) in [5.41, 5.74) is 0. The maximum Gasteiger partial charge on any atom is 0.240 e. The Morgan fingerprint density at radius 3 is 2.68 bits per heavy atom. The van der Waals surface area contributed by atoms with Crippen LogP contribution in [0.5, 0.6) is 0 Å². The van der Waals surface area contributed by atoms with Crippen molar-refractivity contribution in [2.75, 3.05) is 0 Å². The van der Waals surface area contributed by atoms with Crippen molar-refractivity contribution in [3.8, 4) is 0 Å². The topological polar surface area (TPSA) is 76.9 Å². The molecule has 22 heavy (non-hydrogen) atoms. The highest BCUT2D eigenvalue weighted by molar-refractivity contribution is 7.89. The first-order valence-electron chi connectivity index (χ1n) is 6.74. The zero-order valence-electron chi connectivity index (χ0n) is 11.5. The molecule has 0 spiro atoms. The summed E-state index contributed by atoms with van der Waals surface area (Å²) in [5.74, 6) is -1.93. The van der Waals surface area contributed by atoms with Gasteiger partial charge < -0.3 is 0 Å². The van der Waals surface area contributed by atoms with Crippen LogP contribution in [0, 0.1) is 17.6 Å². The molecule has 0 radical (unpaired) electrons. The number of rotatable bonds is 5. The quantitative estimate of drug-likeness (QED) is 0.898. The van der Waals surface area contributed by atoms with Crippen LogP contribution in [0.4, 0.5) is 8.78 Å². The molecule has 6 nitrogen and oxygen atoms in total. The smallest absolute Gasteiger partial charge is 0.240 e. The summed E-state index contributed by atoms with van der Waals surface area (Å²) in [6.45, 7) is 0.684. The van der Waals surface area contributed by atoms with Gasteiger partial charge in [-0.1, -0.05) is 0 Å². The summed E-state index contributed by atoms with van der Waals surface area (Å²) in [6, 6.07) is 2.33. The van der Waals surface area contributed by atoms with E-state index in [-0.39, 0.29) is 10.9 Å². The van der Waals surface area contributed by atoms with Gasteiger partial charge in [-0.05, 0) is 37.0 Å². The standard InChI is InChI=1S/C13H14F2N4O2S/c14-12-2-1-11(5-13(12)15)22(20,21)18-10-3-9(4-10)6-19-8-16-7-17-19/h1-2,5,7-10,18H,3-4,6H2. The zero-order chi connectivity index (χ0) is 15.7. The SMILES string of the molecule is O=S(=O)(NC1CC(Cn2cncn2)C1)c1ccc(F)c(F)c1. The molecular weight excluding hydrogens is 314 g/mol. The van der Waals surface area contributed by atoms with E-state index in [4.69, 9.17) is 0 Å². The van der Waals surface area contributed by atoms with Gasteiger partial charge in [-0.2, -0.15) is 5.10 Å². The summed E-state index contributed by atoms with van der Waals surface area (Å²) in [4.78, 5) is 3.57. The highest BCUT2D eigenvalue weighted by atomic mass is 32.2. The number of hydrogen-bond donors (Lipinski definition) is 1. The van der Waals surface area contributed by atoms with Gasteiger partial charge in [-0.25, -0.2) is 26.9 Å². The maximum absolute atomic E-state index is 13.1. The molecule has 1 saturated carbocycles. The van der Waals surface area contributed by atoms with Crippen LogP contribution in [-0.4, -0.2) is 29.2 Å². The fourth-order valence-corrected chi connectivity index (χ4v) is 3.78. The highest BCUT2D eigenvalue weighted by Crippen LogP contribution is 2.30. The molecule has 0 atom stereocenters. The lowest BCUT2D eigenvalue weighted by Gasteiger charge is -2.35. The van der Waals surface area contributed by atoms with Crippen molar-refractivity contribution in [3.05, 3.63) is 42.5 Å². The third kappa shape index (κ3) is 3.14. The summed E-state index contributed by atoms with van der Waals surface area (Å²) in [5, 5.41) is 3.99. The van der Waals surface area contributed by atoms with Crippen LogP contribution in [0.1, 0.15) is 12.8 Å². The van der Waals surface area contributed by atoms with E-state index in [0.29, 0.717) is 31.4 Å². The Balaban J connectivity index is 1.58. The molecule has 1 aliphatic rings. The molecule has 1 heterocycles. The first kappa shape index (κ1) is 15.0. The monoisotopic (exact) mass is 328 g/mol. The van der Waals surface area contributed by atoms with E-state index in [1.807, 2.05) is 0 Å². The molecule has 2 aromatic rings. The molecule has 1 aliphatic carbocycles. The molecule has 0 saturated heterocycles. The Bertz CT molecular complexity index is 758. The predicted octanol–water partition coefficient (Wildman–Crippen LogP) is 1.31. The third-order valence-corrected chi connectivity index (χ3v) is 5.19. The molecule has 3 rings (SSSR count). The Hall–Kier alpha value is -1.87. The van der Waals surface area contributed by atoms with Gasteiger partial charge in [0.2, 0.25) is 10.0 Å². The molecule has 1 aromatic carbocycles. The summed E-state index contributed by atoms with van der Waals surface area (Å²) < 4.78 is 54.4. The van der Waals surface area contributed by atoms with Crippen LogP contribution in [-0.2, 0) is 16.6 Å². The fraction of sp³-hybridized carbons (Fsp3) is 0.385. The normalized spacial score (nSPS) is 21.5. The molecule has 9 heteroatoms. The largest absolute Gasteiger partial charge is 0.253 e. The summed E-state index contributed by atoms with van der Waals surface area (Å²) >= 11 is 0. The van der Waals surface area contributed by atoms with E-state index in [0.717, 1.165) is 12.1 Å². The minimum Gasteiger partial charge on any atom is -0.253 e. The van der Waals surface area contributed by atoms with Crippen molar-refractivity contribution in [1.82, 2.24) is 19.5 Å². The number of halogens is 2. The summed E-state index contributed by atoms with van der Waals surface area (Å²) in [6.07, 6.45) is 4.40. The molecule has 0 unspecified atom stereocenters. The van der Waals surface area contributed by atoms with E-state index < -0.39 is 21.7 Å². The molecule has 1 N–H and O–H groups in total. The second-order valence-corrected chi connectivity index (χ2v) is 7.06. The van der Waals surface area contributed by atoms with E-state index in [1.54, 1.807) is 11.0 Å². The molecule has 1 fully saturated rings. The number of hydrogen-bond acceptors (Lipinski definition) is 4. The average Bonchev–Trinajstić information content (AvgIpc) is 2.92. The zero-order valence-corrected chi connectivity index (χ0v) is 12.3. The molecule has 0 bridgehead atoms. The van der Waals surface area contributed by atoms with Gasteiger partial charge in [0.05, 0.1) is 4.90 Å². The molecule has 0 aliphatic heterocycles. The average molecular weight is 328 g/mol. The van der Waals surface area contributed by atoms with E-state index in [2.05, 4.69) is 14.8 Å². The fourth-order valence-electron chi connectivity index (χ4n) is 2.50. The van der Waals surface area contributed by atoms with Crippen molar-refractivity contribution < 1.29 is 17.2 Å². The van der Waals surface area contributed by atoms with E-state index in [1.165, 1.54) is 6.33 Å². The van der Waals surface area contributed by atoms with Crippen molar-refractivity contribution >= 4 is 10.0 Å². The van der Waals surface area contributed by atoms with E-state index >= 15 is 0 Å². The van der Waals surface area contributed by atoms with Crippen LogP contribution >= 0.6 is 0 Å². The Morgan fingerprint density at radius 2 is 2.05 bits per heavy atom. The first-order valence-corrected chi connectivity index (χ1v) is 8.22. The van der Waals surface area contributed by atoms with Crippen LogP contribution < -0.4 is 4.72 Å². The second kappa shape index (κ2) is 5.73. The van der Waals surface area contributed by atoms with Crippen LogP contribution in [0.15, 0.2) is 35.7 Å². The van der Waals surface area contributed by atoms with Gasteiger partial charge in [-0.15, -0.1) is 0 Å². The number of benzene rings is 1. The lowest BCUT2D eigenvalue weighted by molar-refractivity contribution is 0.213. The second-order valence-electron chi connectivity index (χ2n) is 5.35. The highest BCUT2D eigenvalue weighted by Gasteiger charge is 2.33. The Kier molecular flexibility index (Phi) is 3.92. The first-order chi connectivity index (χ1) is 10.4. The predicted molar refractivity (Wildman–Crippen MR) is 73.2 cm³/mol. The van der Waals surface area contributed by atoms with Crippen LogP contribution in [0.2, 0.25) is 0 Å². The number of sulfonamides is 1. The van der Waals surface area contributed by atoms with Crippen molar-refractivity contribution in [2.45, 2.75) is 30.3 Å². The van der Waals surface area contributed by atoms with Crippen LogP contribution in [0.25, 0.3) is 0 Å². The van der Waals surface area contributed by atoms with Crippen molar-refractivity contribution in [1.29, 1.82) is 0 Å². The number of nitrogens with zero attached hydrogens (tertiary/aromatic N) is 3. The minimum atomic E-state index is -3.84. The van der Waals surface area contributed by atoms with Gasteiger partial charge >= 0.3 is 0 Å². The van der Waals surface area contributed by atoms with Gasteiger partial charge in [-0.3, -0.25) is 4.68 Å². The van der Waals surface area contributed by atoms with Gasteiger partial charge in [0.15, 0.2) is 11.6 Å². The lowest BCUT2D eigenvalue weighted by atomic mass is 9.81. The Labute approximate surface area is 126 Å². The molecule has 1 aromatic heterocycles. The third-order valence-electron chi connectivity index (χ3n) is 3.67. The van der Waals surface area contributed by atoms with Crippen LogP contribution in [0.3, 0.4) is 0 Å². The van der Waals surface area contributed by atoms with E-state index in [9.17, 15) is 17.2 Å². The Morgan fingerprint density at radius 1 is 1.27 bits per heavy atom. The van der Waals surface area contributed by atoms with Gasteiger partial charge in [0.1, 0.15) is 12.7 Å². The lowest BCUT2D eigenvalue weighted by Crippen LogP contribution is -2.45. The summed E-state index contributed by atoms with van der Waals surface area (Å²) in [7, 11) is -3.84. The number of aromatic nitrogens is 3. The van der Waals surface area contributed by atoms with Gasteiger partial charge in [0, 0.05) is 12.6 Å². The van der Waals surface area contributed by atoms with Gasteiger partial charge in [0.25, 0.3) is 0 Å². The molecule has 118 valence electrons. The molecule has 0 amide bonds.